The van der Waals surface area contributed by atoms with Gasteiger partial charge in [0.25, 0.3) is 0 Å². The first-order valence-electron chi connectivity index (χ1n) is 8.89. The van der Waals surface area contributed by atoms with Crippen LogP contribution in [0.4, 0.5) is 5.69 Å². The summed E-state index contributed by atoms with van der Waals surface area (Å²) in [5.74, 6) is -0.559. The highest BCUT2D eigenvalue weighted by Gasteiger charge is 2.64. The fourth-order valence-electron chi connectivity index (χ4n) is 4.27. The molecule has 2 atom stereocenters. The van der Waals surface area contributed by atoms with E-state index >= 15 is 0 Å². The van der Waals surface area contributed by atoms with Gasteiger partial charge in [-0.15, -0.1) is 0 Å². The number of aryl methyl sites for hydroxylation is 1. The van der Waals surface area contributed by atoms with E-state index in [-0.39, 0.29) is 42.0 Å². The van der Waals surface area contributed by atoms with Crippen molar-refractivity contribution in [2.24, 2.45) is 16.7 Å². The number of amides is 3. The molecule has 0 aromatic heterocycles. The molecule has 3 amide bonds. The van der Waals surface area contributed by atoms with Crippen LogP contribution >= 0.6 is 0 Å². The second kappa shape index (κ2) is 5.97. The molecule has 5 heteroatoms. The van der Waals surface area contributed by atoms with Gasteiger partial charge in [-0.25, -0.2) is 0 Å². The lowest BCUT2D eigenvalue weighted by Crippen LogP contribution is -2.59. The van der Waals surface area contributed by atoms with E-state index in [0.717, 1.165) is 24.1 Å². The Balaban J connectivity index is 1.66. The number of fused-ring (bicyclic) bond motifs is 2. The van der Waals surface area contributed by atoms with Crippen LogP contribution in [-0.2, 0) is 14.4 Å². The molecule has 1 aliphatic heterocycles. The van der Waals surface area contributed by atoms with Crippen LogP contribution in [0.5, 0.6) is 0 Å². The first-order valence-corrected chi connectivity index (χ1v) is 8.89. The zero-order chi connectivity index (χ0) is 18.4. The summed E-state index contributed by atoms with van der Waals surface area (Å²) in [4.78, 5) is 39.2. The quantitative estimate of drug-likeness (QED) is 0.855. The van der Waals surface area contributed by atoms with Gasteiger partial charge >= 0.3 is 0 Å². The molecule has 1 aromatic rings. The molecule has 134 valence electrons. The summed E-state index contributed by atoms with van der Waals surface area (Å²) in [7, 11) is 0. The standard InChI is InChI=1S/C20H26N2O3/c1-13-6-5-7-14(12-13)21-16(23)9-11-22-17(24)15-8-10-20(4,18(22)25)19(15,2)3/h5-7,12,15H,8-11H2,1-4H3,(H,21,23). The van der Waals surface area contributed by atoms with E-state index in [2.05, 4.69) is 5.32 Å². The van der Waals surface area contributed by atoms with E-state index in [1.165, 1.54) is 4.90 Å². The van der Waals surface area contributed by atoms with Crippen molar-refractivity contribution in [3.05, 3.63) is 29.8 Å². The highest BCUT2D eigenvalue weighted by Crippen LogP contribution is 2.59. The molecule has 2 unspecified atom stereocenters. The third-order valence-electron chi connectivity index (χ3n) is 6.37. The maximum atomic E-state index is 12.9. The number of imide groups is 1. The van der Waals surface area contributed by atoms with E-state index in [0.29, 0.717) is 0 Å². The van der Waals surface area contributed by atoms with Crippen LogP contribution in [0.15, 0.2) is 24.3 Å². The molecule has 1 saturated heterocycles. The topological polar surface area (TPSA) is 66.5 Å². The Kier molecular flexibility index (Phi) is 4.21. The Labute approximate surface area is 148 Å². The molecule has 0 radical (unpaired) electrons. The minimum Gasteiger partial charge on any atom is -0.326 e. The number of likely N-dealkylation sites (tertiary alicyclic amines) is 1. The molecular formula is C20H26N2O3. The monoisotopic (exact) mass is 342 g/mol. The molecule has 1 aromatic carbocycles. The molecule has 2 aliphatic rings. The number of nitrogens with zero attached hydrogens (tertiary/aromatic N) is 1. The van der Waals surface area contributed by atoms with Crippen molar-refractivity contribution in [3.8, 4) is 0 Å². The van der Waals surface area contributed by atoms with E-state index < -0.39 is 5.41 Å². The highest BCUT2D eigenvalue weighted by molar-refractivity contribution is 6.04. The summed E-state index contributed by atoms with van der Waals surface area (Å²) in [6.45, 7) is 8.10. The van der Waals surface area contributed by atoms with Crippen molar-refractivity contribution in [3.63, 3.8) is 0 Å². The van der Waals surface area contributed by atoms with Crippen LogP contribution in [0.3, 0.4) is 0 Å². The number of nitrogens with one attached hydrogen (secondary N) is 1. The first kappa shape index (κ1) is 17.6. The number of hydrogen-bond donors (Lipinski definition) is 1. The third kappa shape index (κ3) is 2.75. The molecule has 2 bridgehead atoms. The summed E-state index contributed by atoms with van der Waals surface area (Å²) >= 11 is 0. The lowest BCUT2D eigenvalue weighted by molar-refractivity contribution is -0.167. The predicted octanol–water partition coefficient (Wildman–Crippen LogP) is 3.13. The smallest absolute Gasteiger partial charge is 0.235 e. The largest absolute Gasteiger partial charge is 0.326 e. The molecule has 1 aliphatic carbocycles. The summed E-state index contributed by atoms with van der Waals surface area (Å²) in [6, 6.07) is 7.55. The normalized spacial score (nSPS) is 27.5. The second-order valence-corrected chi connectivity index (χ2v) is 8.11. The lowest BCUT2D eigenvalue weighted by atomic mass is 9.62. The second-order valence-electron chi connectivity index (χ2n) is 8.11. The maximum Gasteiger partial charge on any atom is 0.235 e. The summed E-state index contributed by atoms with van der Waals surface area (Å²) in [6.07, 6.45) is 1.61. The van der Waals surface area contributed by atoms with Crippen molar-refractivity contribution in [2.45, 2.75) is 47.0 Å². The van der Waals surface area contributed by atoms with Crippen molar-refractivity contribution >= 4 is 23.4 Å². The third-order valence-corrected chi connectivity index (χ3v) is 6.37. The number of piperidine rings is 1. The number of benzene rings is 1. The molecule has 1 saturated carbocycles. The van der Waals surface area contributed by atoms with Crippen molar-refractivity contribution in [2.75, 3.05) is 11.9 Å². The Morgan fingerprint density at radius 1 is 1.28 bits per heavy atom. The van der Waals surface area contributed by atoms with Gasteiger partial charge in [0.05, 0.1) is 5.41 Å². The van der Waals surface area contributed by atoms with Gasteiger partial charge in [0.2, 0.25) is 17.7 Å². The number of rotatable bonds is 4. The van der Waals surface area contributed by atoms with Crippen LogP contribution in [0.1, 0.15) is 45.6 Å². The zero-order valence-electron chi connectivity index (χ0n) is 15.4. The molecular weight excluding hydrogens is 316 g/mol. The van der Waals surface area contributed by atoms with Gasteiger partial charge in [-0.2, -0.15) is 0 Å². The van der Waals surface area contributed by atoms with Gasteiger partial charge in [-0.1, -0.05) is 32.9 Å². The molecule has 2 fully saturated rings. The van der Waals surface area contributed by atoms with Gasteiger partial charge in [-0.3, -0.25) is 19.3 Å². The SMILES string of the molecule is Cc1cccc(NC(=O)CCN2C(=O)C3CCC(C)(C2=O)C3(C)C)c1. The predicted molar refractivity (Wildman–Crippen MR) is 95.8 cm³/mol. The summed E-state index contributed by atoms with van der Waals surface area (Å²) in [5, 5.41) is 2.83. The van der Waals surface area contributed by atoms with E-state index in [1.807, 2.05) is 52.0 Å². The Bertz CT molecular complexity index is 740. The van der Waals surface area contributed by atoms with Crippen LogP contribution in [0.25, 0.3) is 0 Å². The molecule has 5 nitrogen and oxygen atoms in total. The molecule has 3 rings (SSSR count). The molecule has 0 spiro atoms. The molecule has 1 heterocycles. The van der Waals surface area contributed by atoms with Crippen molar-refractivity contribution < 1.29 is 14.4 Å². The Morgan fingerprint density at radius 3 is 2.68 bits per heavy atom. The molecule has 1 N–H and O–H groups in total. The first-order chi connectivity index (χ1) is 11.7. The highest BCUT2D eigenvalue weighted by atomic mass is 16.2. The lowest BCUT2D eigenvalue weighted by Gasteiger charge is -2.47. The van der Waals surface area contributed by atoms with E-state index in [1.54, 1.807) is 0 Å². The Morgan fingerprint density at radius 2 is 2.00 bits per heavy atom. The van der Waals surface area contributed by atoms with Gasteiger partial charge in [-0.05, 0) is 42.9 Å². The number of hydrogen-bond acceptors (Lipinski definition) is 3. The molecule has 25 heavy (non-hydrogen) atoms. The van der Waals surface area contributed by atoms with Gasteiger partial charge < -0.3 is 5.32 Å². The van der Waals surface area contributed by atoms with Crippen LogP contribution < -0.4 is 5.32 Å². The van der Waals surface area contributed by atoms with Crippen molar-refractivity contribution in [1.82, 2.24) is 4.90 Å². The van der Waals surface area contributed by atoms with Gasteiger partial charge in [0.15, 0.2) is 0 Å². The van der Waals surface area contributed by atoms with Crippen LogP contribution in [0.2, 0.25) is 0 Å². The summed E-state index contributed by atoms with van der Waals surface area (Å²) < 4.78 is 0. The fourth-order valence-corrected chi connectivity index (χ4v) is 4.27. The number of carbonyl (C=O) groups excluding carboxylic acids is 3. The van der Waals surface area contributed by atoms with Crippen LogP contribution in [-0.4, -0.2) is 29.2 Å². The van der Waals surface area contributed by atoms with E-state index in [4.69, 9.17) is 0 Å². The number of anilines is 1. The number of carbonyl (C=O) groups is 3. The minimum absolute atomic E-state index is 0.117. The Hall–Kier alpha value is -2.17. The van der Waals surface area contributed by atoms with E-state index in [9.17, 15) is 14.4 Å². The maximum absolute atomic E-state index is 12.9. The van der Waals surface area contributed by atoms with Crippen molar-refractivity contribution in [1.29, 1.82) is 0 Å². The van der Waals surface area contributed by atoms with Crippen LogP contribution in [0, 0.1) is 23.7 Å². The average Bonchev–Trinajstić information content (AvgIpc) is 2.71. The summed E-state index contributed by atoms with van der Waals surface area (Å²) in [5.41, 5.74) is 0.959. The minimum atomic E-state index is -0.515. The van der Waals surface area contributed by atoms with Gasteiger partial charge in [0, 0.05) is 24.6 Å². The van der Waals surface area contributed by atoms with Gasteiger partial charge in [0.1, 0.15) is 0 Å². The zero-order valence-corrected chi connectivity index (χ0v) is 15.4. The average molecular weight is 342 g/mol. The fraction of sp³-hybridized carbons (Fsp3) is 0.550.